The second kappa shape index (κ2) is 8.55. The Morgan fingerprint density at radius 3 is 2.38 bits per heavy atom. The molecule has 8 heteroatoms. The molecule has 0 radical (unpaired) electrons. The summed E-state index contributed by atoms with van der Waals surface area (Å²) < 4.78 is 32.9. The van der Waals surface area contributed by atoms with E-state index in [1.165, 1.54) is 35.2 Å². The molecule has 6 nitrogen and oxygen atoms in total. The molecular formula is C26H20F2N4O2. The summed E-state index contributed by atoms with van der Waals surface area (Å²) in [4.78, 5) is 19.1. The van der Waals surface area contributed by atoms with E-state index in [4.69, 9.17) is 4.52 Å². The zero-order valence-electron chi connectivity index (χ0n) is 18.4. The predicted octanol–water partition coefficient (Wildman–Crippen LogP) is 6.03. The highest BCUT2D eigenvalue weighted by Gasteiger charge is 2.36. The molecule has 0 fully saturated rings. The monoisotopic (exact) mass is 458 g/mol. The van der Waals surface area contributed by atoms with Crippen molar-refractivity contribution in [3.8, 4) is 11.4 Å². The number of nitrogens with one attached hydrogen (secondary N) is 1. The smallest absolute Gasteiger partial charge is 0.327 e. The van der Waals surface area contributed by atoms with Crippen LogP contribution in [0.4, 0.5) is 19.3 Å². The lowest BCUT2D eigenvalue weighted by Crippen LogP contribution is -2.46. The Bertz CT molecular complexity index is 1400. The summed E-state index contributed by atoms with van der Waals surface area (Å²) in [5, 5.41) is 7.05. The van der Waals surface area contributed by atoms with Gasteiger partial charge in [0, 0.05) is 11.3 Å². The van der Waals surface area contributed by atoms with Crippen molar-refractivity contribution in [3.63, 3.8) is 0 Å². The minimum atomic E-state index is -0.570. The number of amides is 2. The van der Waals surface area contributed by atoms with E-state index in [1.54, 1.807) is 25.1 Å². The zero-order valence-corrected chi connectivity index (χ0v) is 18.4. The van der Waals surface area contributed by atoms with E-state index in [0.29, 0.717) is 22.5 Å². The third-order valence-electron chi connectivity index (χ3n) is 5.72. The highest BCUT2D eigenvalue weighted by atomic mass is 19.1. The quantitative estimate of drug-likeness (QED) is 0.406. The molecule has 5 rings (SSSR count). The molecule has 4 aromatic rings. The molecule has 3 aromatic carbocycles. The molecule has 1 aliphatic heterocycles. The second-order valence-corrected chi connectivity index (χ2v) is 8.04. The molecule has 0 aliphatic carbocycles. The number of hydrogen-bond acceptors (Lipinski definition) is 4. The van der Waals surface area contributed by atoms with Gasteiger partial charge in [-0.05, 0) is 61.9 Å². The molecular weight excluding hydrogens is 438 g/mol. The molecule has 170 valence electrons. The third kappa shape index (κ3) is 3.94. The molecule has 0 saturated heterocycles. The van der Waals surface area contributed by atoms with Crippen LogP contribution in [0.1, 0.15) is 30.0 Å². The van der Waals surface area contributed by atoms with Crippen LogP contribution < -0.4 is 10.2 Å². The molecule has 34 heavy (non-hydrogen) atoms. The van der Waals surface area contributed by atoms with Gasteiger partial charge in [0.25, 0.3) is 5.89 Å². The topological polar surface area (TPSA) is 71.3 Å². The zero-order chi connectivity index (χ0) is 23.8. The first-order valence-electron chi connectivity index (χ1n) is 10.6. The summed E-state index contributed by atoms with van der Waals surface area (Å²) in [6.45, 7) is 3.73. The molecule has 1 unspecified atom stereocenters. The molecule has 0 saturated carbocycles. The van der Waals surface area contributed by atoms with Gasteiger partial charge in [0.05, 0.1) is 17.3 Å². The van der Waals surface area contributed by atoms with E-state index in [-0.39, 0.29) is 17.5 Å². The minimum Gasteiger partial charge on any atom is -0.334 e. The van der Waals surface area contributed by atoms with Gasteiger partial charge in [-0.25, -0.2) is 13.6 Å². The van der Waals surface area contributed by atoms with Crippen molar-refractivity contribution in [1.29, 1.82) is 0 Å². The first kappa shape index (κ1) is 21.5. The number of hydrogen-bond donors (Lipinski definition) is 1. The number of carbonyl (C=O) groups is 1. The van der Waals surface area contributed by atoms with Crippen LogP contribution in [-0.2, 0) is 0 Å². The average molecular weight is 458 g/mol. The Morgan fingerprint density at radius 1 is 0.941 bits per heavy atom. The number of rotatable bonds is 4. The van der Waals surface area contributed by atoms with Crippen molar-refractivity contribution in [2.24, 2.45) is 0 Å². The number of aromatic nitrogens is 2. The first-order valence-corrected chi connectivity index (χ1v) is 10.6. The molecule has 0 spiro atoms. The molecule has 2 heterocycles. The maximum atomic E-state index is 14.0. The summed E-state index contributed by atoms with van der Waals surface area (Å²) >= 11 is 0. The lowest BCUT2D eigenvalue weighted by atomic mass is 9.94. The molecule has 2 amide bonds. The summed E-state index contributed by atoms with van der Waals surface area (Å²) in [5.41, 5.74) is 3.96. The summed E-state index contributed by atoms with van der Waals surface area (Å²) in [7, 11) is 0. The summed E-state index contributed by atoms with van der Waals surface area (Å²) in [6, 6.07) is 18.3. The molecule has 1 N–H and O–H groups in total. The largest absolute Gasteiger partial charge is 0.334 e. The molecule has 1 aliphatic rings. The van der Waals surface area contributed by atoms with Gasteiger partial charge in [-0.15, -0.1) is 0 Å². The predicted molar refractivity (Wildman–Crippen MR) is 124 cm³/mol. The minimum absolute atomic E-state index is 0.198. The average Bonchev–Trinajstić information content (AvgIpc) is 3.29. The number of aryl methyl sites for hydroxylation is 1. The number of carbonyl (C=O) groups excluding carboxylic acids is 1. The van der Waals surface area contributed by atoms with Gasteiger partial charge < -0.3 is 9.84 Å². The fraction of sp³-hybridized carbons (Fsp3) is 0.115. The Hall–Kier alpha value is -4.33. The Balaban J connectivity index is 1.65. The van der Waals surface area contributed by atoms with Crippen LogP contribution in [0.2, 0.25) is 0 Å². The van der Waals surface area contributed by atoms with Crippen LogP contribution >= 0.6 is 0 Å². The van der Waals surface area contributed by atoms with Gasteiger partial charge in [0.15, 0.2) is 0 Å². The lowest BCUT2D eigenvalue weighted by Gasteiger charge is -2.35. The van der Waals surface area contributed by atoms with Gasteiger partial charge in [0.1, 0.15) is 11.6 Å². The van der Waals surface area contributed by atoms with E-state index >= 15 is 0 Å². The molecule has 1 atom stereocenters. The number of allylic oxidation sites excluding steroid dienone is 1. The van der Waals surface area contributed by atoms with Gasteiger partial charge >= 0.3 is 6.03 Å². The normalized spacial score (nSPS) is 16.1. The first-order chi connectivity index (χ1) is 16.4. The number of nitrogens with zero attached hydrogens (tertiary/aromatic N) is 3. The van der Waals surface area contributed by atoms with Crippen molar-refractivity contribution in [3.05, 3.63) is 107 Å². The van der Waals surface area contributed by atoms with Gasteiger partial charge in [0.2, 0.25) is 5.82 Å². The van der Waals surface area contributed by atoms with Gasteiger partial charge in [-0.3, -0.25) is 4.90 Å². The van der Waals surface area contributed by atoms with Crippen molar-refractivity contribution in [2.75, 3.05) is 4.90 Å². The van der Waals surface area contributed by atoms with E-state index in [2.05, 4.69) is 15.5 Å². The number of benzene rings is 3. The Morgan fingerprint density at radius 2 is 1.68 bits per heavy atom. The highest BCUT2D eigenvalue weighted by molar-refractivity contribution is 6.01. The third-order valence-corrected chi connectivity index (χ3v) is 5.72. The lowest BCUT2D eigenvalue weighted by molar-refractivity contribution is 0.244. The second-order valence-electron chi connectivity index (χ2n) is 8.04. The SMILES string of the molecule is CC1=C(c2nc(-c3ccc(F)cc3)no2)C(c2ccc(C)cc2)NC(=O)N1c1cccc(F)c1. The molecule has 1 aromatic heterocycles. The Labute approximate surface area is 194 Å². The molecule has 0 bridgehead atoms. The van der Waals surface area contributed by atoms with Crippen molar-refractivity contribution in [2.45, 2.75) is 19.9 Å². The van der Waals surface area contributed by atoms with Gasteiger partial charge in [-0.2, -0.15) is 4.98 Å². The number of urea groups is 1. The van der Waals surface area contributed by atoms with Crippen LogP contribution in [-0.4, -0.2) is 16.2 Å². The fourth-order valence-electron chi connectivity index (χ4n) is 4.00. The summed E-state index contributed by atoms with van der Waals surface area (Å²) in [6.07, 6.45) is 0. The number of anilines is 1. The van der Waals surface area contributed by atoms with E-state index < -0.39 is 17.9 Å². The fourth-order valence-corrected chi connectivity index (χ4v) is 4.00. The maximum Gasteiger partial charge on any atom is 0.327 e. The van der Waals surface area contributed by atoms with Gasteiger partial charge in [-0.1, -0.05) is 41.1 Å². The van der Waals surface area contributed by atoms with Crippen LogP contribution in [0, 0.1) is 18.6 Å². The number of halogens is 2. The highest BCUT2D eigenvalue weighted by Crippen LogP contribution is 2.39. The van der Waals surface area contributed by atoms with E-state index in [1.807, 2.05) is 31.2 Å². The standard InChI is InChI=1S/C26H20F2N4O2/c1-15-6-8-17(9-7-15)23-22(25-30-24(31-34-25)18-10-12-19(27)13-11-18)16(2)32(26(33)29-23)21-5-3-4-20(28)14-21/h3-14,23H,1-2H3,(H,29,33). The Kier molecular flexibility index (Phi) is 5.41. The van der Waals surface area contributed by atoms with Crippen molar-refractivity contribution >= 4 is 17.3 Å². The van der Waals surface area contributed by atoms with Crippen LogP contribution in [0.5, 0.6) is 0 Å². The van der Waals surface area contributed by atoms with Crippen LogP contribution in [0.3, 0.4) is 0 Å². The van der Waals surface area contributed by atoms with Crippen molar-refractivity contribution < 1.29 is 18.1 Å². The van der Waals surface area contributed by atoms with E-state index in [9.17, 15) is 13.6 Å². The van der Waals surface area contributed by atoms with Crippen molar-refractivity contribution in [1.82, 2.24) is 15.5 Å². The van der Waals surface area contributed by atoms with Crippen LogP contribution in [0.15, 0.2) is 83.0 Å². The maximum absolute atomic E-state index is 14.0. The van der Waals surface area contributed by atoms with Crippen LogP contribution in [0.25, 0.3) is 17.0 Å². The van der Waals surface area contributed by atoms with E-state index in [0.717, 1.165) is 11.1 Å². The summed E-state index contributed by atoms with van der Waals surface area (Å²) in [5.74, 6) is -0.348.